The van der Waals surface area contributed by atoms with Gasteiger partial charge in [0.2, 0.25) is 0 Å². The Morgan fingerprint density at radius 1 is 1.31 bits per heavy atom. The van der Waals surface area contributed by atoms with Gasteiger partial charge in [0, 0.05) is 12.6 Å². The lowest BCUT2D eigenvalue weighted by molar-refractivity contribution is 0.0490. The molecule has 0 aromatic heterocycles. The Morgan fingerprint density at radius 2 is 1.81 bits per heavy atom. The molecule has 0 aliphatic carbocycles. The number of amides is 1. The Kier molecular flexibility index (Phi) is 5.79. The van der Waals surface area contributed by atoms with E-state index < -0.39 is 5.60 Å². The van der Waals surface area contributed by atoms with Gasteiger partial charge in [-0.2, -0.15) is 0 Å². The van der Waals surface area contributed by atoms with Gasteiger partial charge in [-0.3, -0.25) is 0 Å². The Labute approximate surface area is 99.3 Å². The van der Waals surface area contributed by atoms with E-state index in [1.165, 1.54) is 0 Å². The average Bonchev–Trinajstić information content (AvgIpc) is 1.98. The number of nitrogens with zero attached hydrogens (tertiary/aromatic N) is 1. The largest absolute Gasteiger partial charge is 0.444 e. The van der Waals surface area contributed by atoms with E-state index in [-0.39, 0.29) is 12.1 Å². The second-order valence-electron chi connectivity index (χ2n) is 5.67. The molecule has 96 valence electrons. The number of ether oxygens (including phenoxy) is 1. The van der Waals surface area contributed by atoms with Crippen molar-refractivity contribution in [3.8, 4) is 0 Å². The molecule has 0 aromatic rings. The van der Waals surface area contributed by atoms with Crippen LogP contribution in [0, 0.1) is 5.92 Å². The zero-order valence-corrected chi connectivity index (χ0v) is 11.6. The molecule has 0 spiro atoms. The normalized spacial score (nSPS) is 15.8. The summed E-state index contributed by atoms with van der Waals surface area (Å²) < 4.78 is 5.20. The lowest BCUT2D eigenvalue weighted by atomic mass is 10.0. The van der Waals surface area contributed by atoms with E-state index in [0.29, 0.717) is 5.92 Å². The summed E-state index contributed by atoms with van der Waals surface area (Å²) in [6, 6.07) is 0.109. The molecule has 1 N–H and O–H groups in total. The summed E-state index contributed by atoms with van der Waals surface area (Å²) in [6.45, 7) is 10.6. The maximum Gasteiger partial charge on any atom is 0.407 e. The van der Waals surface area contributed by atoms with Crippen molar-refractivity contribution in [2.45, 2.75) is 46.3 Å². The lowest BCUT2D eigenvalue weighted by Crippen LogP contribution is -2.43. The van der Waals surface area contributed by atoms with Crippen LogP contribution in [0.1, 0.15) is 34.6 Å². The van der Waals surface area contributed by atoms with Gasteiger partial charge >= 0.3 is 6.09 Å². The fourth-order valence-corrected chi connectivity index (χ4v) is 1.37. The third-order valence-electron chi connectivity index (χ3n) is 2.25. The molecular formula is C12H26N2O2. The molecule has 1 amide bonds. The minimum absolute atomic E-state index is 0.109. The van der Waals surface area contributed by atoms with E-state index in [2.05, 4.69) is 17.1 Å². The zero-order chi connectivity index (χ0) is 12.9. The van der Waals surface area contributed by atoms with Crippen LogP contribution in [0.15, 0.2) is 0 Å². The summed E-state index contributed by atoms with van der Waals surface area (Å²) in [5, 5.41) is 2.85. The van der Waals surface area contributed by atoms with Gasteiger partial charge in [0.1, 0.15) is 5.60 Å². The maximum absolute atomic E-state index is 11.5. The Bertz CT molecular complexity index is 222. The Balaban J connectivity index is 4.04. The van der Waals surface area contributed by atoms with Crippen molar-refractivity contribution in [3.63, 3.8) is 0 Å². The van der Waals surface area contributed by atoms with Gasteiger partial charge in [0.25, 0.3) is 0 Å². The molecule has 0 fully saturated rings. The van der Waals surface area contributed by atoms with Gasteiger partial charge in [0.15, 0.2) is 0 Å². The van der Waals surface area contributed by atoms with Crippen molar-refractivity contribution in [1.82, 2.24) is 10.2 Å². The van der Waals surface area contributed by atoms with Crippen molar-refractivity contribution in [2.75, 3.05) is 20.6 Å². The number of nitrogens with one attached hydrogen (secondary N) is 1. The Morgan fingerprint density at radius 3 is 2.19 bits per heavy atom. The first-order valence-electron chi connectivity index (χ1n) is 5.76. The summed E-state index contributed by atoms with van der Waals surface area (Å²) in [5.74, 6) is 0.391. The number of rotatable bonds is 4. The van der Waals surface area contributed by atoms with Gasteiger partial charge in [-0.25, -0.2) is 4.79 Å². The van der Waals surface area contributed by atoms with Crippen molar-refractivity contribution in [2.24, 2.45) is 5.92 Å². The summed E-state index contributed by atoms with van der Waals surface area (Å²) in [5.41, 5.74) is -0.436. The van der Waals surface area contributed by atoms with E-state index in [4.69, 9.17) is 4.74 Å². The predicted octanol–water partition coefficient (Wildman–Crippen LogP) is 2.10. The fourth-order valence-electron chi connectivity index (χ4n) is 1.37. The van der Waals surface area contributed by atoms with Gasteiger partial charge in [-0.05, 0) is 47.7 Å². The highest BCUT2D eigenvalue weighted by atomic mass is 16.6. The second kappa shape index (κ2) is 6.09. The van der Waals surface area contributed by atoms with E-state index in [9.17, 15) is 4.79 Å². The van der Waals surface area contributed by atoms with Crippen molar-refractivity contribution in [3.05, 3.63) is 0 Å². The molecule has 0 saturated carbocycles. The van der Waals surface area contributed by atoms with Gasteiger partial charge in [0.05, 0.1) is 0 Å². The summed E-state index contributed by atoms with van der Waals surface area (Å²) in [7, 11) is 4.05. The highest BCUT2D eigenvalue weighted by Crippen LogP contribution is 2.09. The molecule has 4 nitrogen and oxygen atoms in total. The van der Waals surface area contributed by atoms with E-state index in [0.717, 1.165) is 6.54 Å². The molecule has 0 saturated heterocycles. The fraction of sp³-hybridized carbons (Fsp3) is 0.917. The predicted molar refractivity (Wildman–Crippen MR) is 66.5 cm³/mol. The van der Waals surface area contributed by atoms with Crippen LogP contribution in [-0.4, -0.2) is 43.3 Å². The number of carbonyl (C=O) groups is 1. The molecule has 1 unspecified atom stereocenters. The first-order chi connectivity index (χ1) is 7.11. The topological polar surface area (TPSA) is 41.6 Å². The summed E-state index contributed by atoms with van der Waals surface area (Å²) >= 11 is 0. The highest BCUT2D eigenvalue weighted by Gasteiger charge is 2.20. The van der Waals surface area contributed by atoms with Gasteiger partial charge < -0.3 is 15.0 Å². The number of hydrogen-bond donors (Lipinski definition) is 1. The molecule has 2 atom stereocenters. The van der Waals surface area contributed by atoms with E-state index >= 15 is 0 Å². The standard InChI is InChI=1S/C12H26N2O2/c1-9(8-14(6)7)10(2)13-11(15)16-12(3,4)5/h9-10H,8H2,1-7H3,(H,13,15)/t9-,10?/m1/s1. The third-order valence-corrected chi connectivity index (χ3v) is 2.25. The molecule has 0 aromatic carbocycles. The molecule has 4 heteroatoms. The van der Waals surface area contributed by atoms with Crippen LogP contribution in [0.5, 0.6) is 0 Å². The highest BCUT2D eigenvalue weighted by molar-refractivity contribution is 5.68. The first kappa shape index (κ1) is 15.2. The molecule has 0 bridgehead atoms. The molecule has 16 heavy (non-hydrogen) atoms. The van der Waals surface area contributed by atoms with Crippen molar-refractivity contribution < 1.29 is 9.53 Å². The molecule has 0 aliphatic heterocycles. The van der Waals surface area contributed by atoms with E-state index in [1.807, 2.05) is 41.8 Å². The van der Waals surface area contributed by atoms with Crippen LogP contribution in [0.2, 0.25) is 0 Å². The van der Waals surface area contributed by atoms with Crippen LogP contribution in [0.3, 0.4) is 0 Å². The monoisotopic (exact) mass is 230 g/mol. The smallest absolute Gasteiger partial charge is 0.407 e. The molecule has 0 heterocycles. The van der Waals surface area contributed by atoms with Crippen LogP contribution in [0.25, 0.3) is 0 Å². The van der Waals surface area contributed by atoms with Gasteiger partial charge in [-0.15, -0.1) is 0 Å². The summed E-state index contributed by atoms with van der Waals surface area (Å²) in [6.07, 6.45) is -0.342. The van der Waals surface area contributed by atoms with Crippen LogP contribution in [0.4, 0.5) is 4.79 Å². The number of alkyl carbamates (subject to hydrolysis) is 1. The van der Waals surface area contributed by atoms with Crippen molar-refractivity contribution >= 4 is 6.09 Å². The minimum Gasteiger partial charge on any atom is -0.444 e. The number of carbonyl (C=O) groups excluding carboxylic acids is 1. The first-order valence-corrected chi connectivity index (χ1v) is 5.76. The summed E-state index contributed by atoms with van der Waals surface area (Å²) in [4.78, 5) is 13.6. The average molecular weight is 230 g/mol. The van der Waals surface area contributed by atoms with Crippen LogP contribution < -0.4 is 5.32 Å². The van der Waals surface area contributed by atoms with Crippen molar-refractivity contribution in [1.29, 1.82) is 0 Å². The van der Waals surface area contributed by atoms with Gasteiger partial charge in [-0.1, -0.05) is 6.92 Å². The zero-order valence-electron chi connectivity index (χ0n) is 11.6. The number of hydrogen-bond acceptors (Lipinski definition) is 3. The molecule has 0 aliphatic rings. The van der Waals surface area contributed by atoms with Crippen LogP contribution >= 0.6 is 0 Å². The quantitative estimate of drug-likeness (QED) is 0.804. The molecule has 0 radical (unpaired) electrons. The van der Waals surface area contributed by atoms with E-state index in [1.54, 1.807) is 0 Å². The third kappa shape index (κ3) is 7.51. The van der Waals surface area contributed by atoms with Crippen LogP contribution in [-0.2, 0) is 4.74 Å². The SMILES string of the molecule is CC(NC(=O)OC(C)(C)C)[C@H](C)CN(C)C. The minimum atomic E-state index is -0.436. The Hall–Kier alpha value is -0.770. The lowest BCUT2D eigenvalue weighted by Gasteiger charge is -2.26. The molecular weight excluding hydrogens is 204 g/mol. The second-order valence-corrected chi connectivity index (χ2v) is 5.67. The molecule has 0 rings (SSSR count). The maximum atomic E-state index is 11.5.